The quantitative estimate of drug-likeness (QED) is 0.676. The summed E-state index contributed by atoms with van der Waals surface area (Å²) in [4.78, 5) is 34.9. The van der Waals surface area contributed by atoms with Crippen LogP contribution in [0, 0.1) is 11.8 Å². The highest BCUT2D eigenvalue weighted by Crippen LogP contribution is 2.48. The predicted octanol–water partition coefficient (Wildman–Crippen LogP) is 4.59. The minimum atomic E-state index is -0.874. The van der Waals surface area contributed by atoms with Gasteiger partial charge in [0.15, 0.2) is 5.82 Å². The van der Waals surface area contributed by atoms with Crippen LogP contribution in [0.5, 0.6) is 0 Å². The Morgan fingerprint density at radius 1 is 0.833 bits per heavy atom. The molecule has 2 saturated carbocycles. The monoisotopic (exact) mass is 490 g/mol. The normalized spacial score (nSPS) is 36.4. The molecule has 1 N–H and O–H groups in total. The number of fused-ring (bicyclic) bond motifs is 5. The van der Waals surface area contributed by atoms with E-state index in [1.165, 1.54) is 57.8 Å². The first kappa shape index (κ1) is 22.8. The SMILES string of the molecule is O=C(O)[C@@H]1CCN1c1nc2ccccc2n(C2C[C@H]3CC[C@@H](C2)N3C2C[C@H]3CCCC[C@@H](C2)C3)c1=O. The van der Waals surface area contributed by atoms with Crippen LogP contribution in [0.25, 0.3) is 11.0 Å². The molecule has 192 valence electrons. The van der Waals surface area contributed by atoms with Gasteiger partial charge in [-0.05, 0) is 75.3 Å². The summed E-state index contributed by atoms with van der Waals surface area (Å²) in [7, 11) is 0. The van der Waals surface area contributed by atoms with E-state index in [9.17, 15) is 14.7 Å². The molecule has 5 fully saturated rings. The molecule has 5 aliphatic rings. The molecule has 1 aromatic heterocycles. The molecular weight excluding hydrogens is 452 g/mol. The predicted molar refractivity (Wildman–Crippen MR) is 139 cm³/mol. The molecule has 4 heterocycles. The van der Waals surface area contributed by atoms with E-state index >= 15 is 0 Å². The fourth-order valence-corrected chi connectivity index (χ4v) is 8.69. The zero-order chi connectivity index (χ0) is 24.4. The molecule has 4 bridgehead atoms. The summed E-state index contributed by atoms with van der Waals surface area (Å²) < 4.78 is 2.00. The van der Waals surface area contributed by atoms with Gasteiger partial charge < -0.3 is 14.6 Å². The van der Waals surface area contributed by atoms with Gasteiger partial charge in [-0.3, -0.25) is 9.69 Å². The summed E-state index contributed by atoms with van der Waals surface area (Å²) in [6, 6.07) is 9.24. The number of benzene rings is 1. The first-order valence-corrected chi connectivity index (χ1v) is 14.3. The highest BCUT2D eigenvalue weighted by atomic mass is 16.4. The molecule has 2 aliphatic carbocycles. The third-order valence-electron chi connectivity index (χ3n) is 10.3. The third-order valence-corrected chi connectivity index (χ3v) is 10.3. The van der Waals surface area contributed by atoms with Crippen LogP contribution in [0.4, 0.5) is 5.82 Å². The standard InChI is InChI=1S/C29H38N4O3/c34-28-27(31-12-11-26(31)29(35)36)30-24-7-3-4-8-25(24)33(28)23-16-20-9-10-21(17-23)32(20)22-14-18-5-1-2-6-19(13-18)15-22/h3-4,7-8,18-23,26H,1-2,5-6,9-17H2,(H,35,36)/t18-,19+,20-,21+,22?,23?,26-/m0/s1. The van der Waals surface area contributed by atoms with E-state index in [1.54, 1.807) is 4.90 Å². The largest absolute Gasteiger partial charge is 0.480 e. The molecule has 2 aromatic rings. The van der Waals surface area contributed by atoms with Crippen molar-refractivity contribution in [2.75, 3.05) is 11.4 Å². The highest BCUT2D eigenvalue weighted by molar-refractivity contribution is 5.81. The molecule has 0 spiro atoms. The molecular formula is C29H38N4O3. The molecule has 7 nitrogen and oxygen atoms in total. The van der Waals surface area contributed by atoms with E-state index in [2.05, 4.69) is 9.88 Å². The summed E-state index contributed by atoms with van der Waals surface area (Å²) in [5.41, 5.74) is 1.57. The van der Waals surface area contributed by atoms with Gasteiger partial charge in [0.25, 0.3) is 5.56 Å². The molecule has 0 radical (unpaired) electrons. The van der Waals surface area contributed by atoms with Crippen molar-refractivity contribution in [3.8, 4) is 0 Å². The lowest BCUT2D eigenvalue weighted by Crippen LogP contribution is -2.55. The minimum Gasteiger partial charge on any atom is -0.480 e. The summed E-state index contributed by atoms with van der Waals surface area (Å²) in [6.07, 6.45) is 15.0. The summed E-state index contributed by atoms with van der Waals surface area (Å²) in [6.45, 7) is 0.575. The van der Waals surface area contributed by atoms with Gasteiger partial charge >= 0.3 is 5.97 Å². The molecule has 7 atom stereocenters. The number of rotatable bonds is 4. The van der Waals surface area contributed by atoms with E-state index in [0.29, 0.717) is 30.9 Å². The maximum absolute atomic E-state index is 13.9. The maximum Gasteiger partial charge on any atom is 0.326 e. The highest BCUT2D eigenvalue weighted by Gasteiger charge is 2.47. The van der Waals surface area contributed by atoms with Gasteiger partial charge in [-0.1, -0.05) is 37.8 Å². The number of carboxylic acid groups (broad SMARTS) is 1. The van der Waals surface area contributed by atoms with Gasteiger partial charge in [-0.25, -0.2) is 9.78 Å². The Balaban J connectivity index is 1.21. The van der Waals surface area contributed by atoms with Crippen molar-refractivity contribution in [1.29, 1.82) is 0 Å². The van der Waals surface area contributed by atoms with Crippen molar-refractivity contribution in [3.05, 3.63) is 34.6 Å². The molecule has 36 heavy (non-hydrogen) atoms. The van der Waals surface area contributed by atoms with Crippen LogP contribution in [0.3, 0.4) is 0 Å². The van der Waals surface area contributed by atoms with E-state index in [0.717, 1.165) is 41.8 Å². The summed E-state index contributed by atoms with van der Waals surface area (Å²) >= 11 is 0. The van der Waals surface area contributed by atoms with E-state index in [4.69, 9.17) is 0 Å². The summed E-state index contributed by atoms with van der Waals surface area (Å²) in [5.74, 6) is 1.28. The maximum atomic E-state index is 13.9. The number of aliphatic carboxylic acids is 1. The zero-order valence-electron chi connectivity index (χ0n) is 21.1. The lowest BCUT2D eigenvalue weighted by Gasteiger charge is -2.48. The number of para-hydroxylation sites is 2. The first-order chi connectivity index (χ1) is 17.6. The third kappa shape index (κ3) is 3.68. The van der Waals surface area contributed by atoms with Crippen molar-refractivity contribution in [2.45, 2.75) is 107 Å². The lowest BCUT2D eigenvalue weighted by molar-refractivity contribution is -0.140. The van der Waals surface area contributed by atoms with Gasteiger partial charge in [-0.2, -0.15) is 0 Å². The minimum absolute atomic E-state index is 0.110. The zero-order valence-corrected chi connectivity index (χ0v) is 21.1. The van der Waals surface area contributed by atoms with Crippen LogP contribution in [-0.2, 0) is 4.79 Å². The number of aromatic nitrogens is 2. The van der Waals surface area contributed by atoms with Crippen molar-refractivity contribution in [2.24, 2.45) is 11.8 Å². The van der Waals surface area contributed by atoms with Gasteiger partial charge in [0.2, 0.25) is 0 Å². The Hall–Kier alpha value is -2.41. The average molecular weight is 491 g/mol. The fraction of sp³-hybridized carbons (Fsp3) is 0.690. The Bertz CT molecular complexity index is 1200. The Kier molecular flexibility index (Phi) is 5.60. The molecule has 3 aliphatic heterocycles. The number of nitrogens with zero attached hydrogens (tertiary/aromatic N) is 4. The Labute approximate surface area is 212 Å². The van der Waals surface area contributed by atoms with Crippen LogP contribution in [0.1, 0.15) is 83.1 Å². The molecule has 2 unspecified atom stereocenters. The first-order valence-electron chi connectivity index (χ1n) is 14.3. The second kappa shape index (κ2) is 8.86. The average Bonchev–Trinajstić information content (AvgIpc) is 2.99. The number of hydrogen-bond acceptors (Lipinski definition) is 5. The van der Waals surface area contributed by atoms with Gasteiger partial charge in [0.1, 0.15) is 6.04 Å². The molecule has 0 amide bonds. The van der Waals surface area contributed by atoms with Crippen LogP contribution < -0.4 is 10.5 Å². The molecule has 1 aromatic carbocycles. The lowest BCUT2D eigenvalue weighted by atomic mass is 9.76. The van der Waals surface area contributed by atoms with Crippen LogP contribution in [0.2, 0.25) is 0 Å². The smallest absolute Gasteiger partial charge is 0.326 e. The van der Waals surface area contributed by atoms with Gasteiger partial charge in [0.05, 0.1) is 11.0 Å². The van der Waals surface area contributed by atoms with E-state index in [-0.39, 0.29) is 11.6 Å². The van der Waals surface area contributed by atoms with Crippen LogP contribution >= 0.6 is 0 Å². The second-order valence-electron chi connectivity index (χ2n) is 12.3. The number of carboxylic acids is 1. The van der Waals surface area contributed by atoms with Gasteiger partial charge in [0, 0.05) is 30.7 Å². The van der Waals surface area contributed by atoms with Crippen molar-refractivity contribution >= 4 is 22.8 Å². The molecule has 7 heteroatoms. The summed E-state index contributed by atoms with van der Waals surface area (Å²) in [5, 5.41) is 9.61. The number of anilines is 1. The van der Waals surface area contributed by atoms with E-state index < -0.39 is 12.0 Å². The molecule has 3 saturated heterocycles. The van der Waals surface area contributed by atoms with E-state index in [1.807, 2.05) is 28.8 Å². The number of piperidine rings is 1. The van der Waals surface area contributed by atoms with Crippen LogP contribution in [-0.4, -0.2) is 56.2 Å². The number of hydrogen-bond donors (Lipinski definition) is 1. The van der Waals surface area contributed by atoms with Crippen molar-refractivity contribution in [1.82, 2.24) is 14.5 Å². The Morgan fingerprint density at radius 3 is 2.17 bits per heavy atom. The second-order valence-corrected chi connectivity index (χ2v) is 12.3. The van der Waals surface area contributed by atoms with Gasteiger partial charge in [-0.15, -0.1) is 0 Å². The van der Waals surface area contributed by atoms with Crippen molar-refractivity contribution < 1.29 is 9.90 Å². The fourth-order valence-electron chi connectivity index (χ4n) is 8.69. The Morgan fingerprint density at radius 2 is 1.53 bits per heavy atom. The molecule has 7 rings (SSSR count). The van der Waals surface area contributed by atoms with Crippen LogP contribution in [0.15, 0.2) is 29.1 Å². The van der Waals surface area contributed by atoms with Crippen molar-refractivity contribution in [3.63, 3.8) is 0 Å². The topological polar surface area (TPSA) is 78.7 Å². The number of carbonyl (C=O) groups is 1.